The number of likely N-dealkylation sites (tertiary alicyclic amines) is 1. The van der Waals surface area contributed by atoms with Gasteiger partial charge in [-0.25, -0.2) is 0 Å². The van der Waals surface area contributed by atoms with Crippen LogP contribution in [-0.2, 0) is 20.9 Å². The first kappa shape index (κ1) is 16.4. The molecule has 0 spiro atoms. The van der Waals surface area contributed by atoms with Gasteiger partial charge in [-0.15, -0.1) is 0 Å². The second kappa shape index (κ2) is 7.43. The predicted molar refractivity (Wildman–Crippen MR) is 88.0 cm³/mol. The number of hydrogen-bond donors (Lipinski definition) is 1. The minimum absolute atomic E-state index is 0.0731. The Morgan fingerprint density at radius 2 is 2.26 bits per heavy atom. The van der Waals surface area contributed by atoms with Crippen molar-refractivity contribution in [3.63, 3.8) is 0 Å². The highest BCUT2D eigenvalue weighted by atomic mass is 16.5. The van der Waals surface area contributed by atoms with E-state index in [0.29, 0.717) is 19.8 Å². The van der Waals surface area contributed by atoms with Crippen molar-refractivity contribution in [2.45, 2.75) is 25.6 Å². The standard InChI is InChI=1S/C18H26N2O3/c1-19-17(21)18-8-11-23-16(18)7-9-20(14-18)10-12-22-13-15-5-3-2-4-6-15/h2-6,16H,7-14H2,1H3,(H,19,21)/t16-,18-/m0/s1. The largest absolute Gasteiger partial charge is 0.377 e. The summed E-state index contributed by atoms with van der Waals surface area (Å²) in [6, 6.07) is 10.2. The fraction of sp³-hybridized carbons (Fsp3) is 0.611. The van der Waals surface area contributed by atoms with Crippen molar-refractivity contribution in [2.75, 3.05) is 39.9 Å². The molecule has 23 heavy (non-hydrogen) atoms. The van der Waals surface area contributed by atoms with Crippen LogP contribution in [-0.4, -0.2) is 56.8 Å². The van der Waals surface area contributed by atoms with Crippen LogP contribution >= 0.6 is 0 Å². The predicted octanol–water partition coefficient (Wildman–Crippen LogP) is 1.43. The Balaban J connectivity index is 1.48. The fourth-order valence-electron chi connectivity index (χ4n) is 3.75. The molecule has 0 aliphatic carbocycles. The van der Waals surface area contributed by atoms with Crippen molar-refractivity contribution >= 4 is 5.91 Å². The zero-order chi connectivity index (χ0) is 16.1. The molecule has 2 saturated heterocycles. The van der Waals surface area contributed by atoms with Gasteiger partial charge in [0.1, 0.15) is 0 Å². The number of piperidine rings is 1. The molecule has 2 aliphatic rings. The number of ether oxygens (including phenoxy) is 2. The molecular weight excluding hydrogens is 292 g/mol. The van der Waals surface area contributed by atoms with Gasteiger partial charge in [-0.3, -0.25) is 9.69 Å². The van der Waals surface area contributed by atoms with E-state index < -0.39 is 0 Å². The molecule has 3 rings (SSSR count). The highest BCUT2D eigenvalue weighted by Crippen LogP contribution is 2.40. The zero-order valence-electron chi connectivity index (χ0n) is 13.8. The molecule has 5 heteroatoms. The third kappa shape index (κ3) is 3.57. The van der Waals surface area contributed by atoms with Crippen LogP contribution < -0.4 is 5.32 Å². The zero-order valence-corrected chi connectivity index (χ0v) is 13.8. The third-order valence-corrected chi connectivity index (χ3v) is 5.04. The molecule has 0 bridgehead atoms. The molecule has 5 nitrogen and oxygen atoms in total. The summed E-state index contributed by atoms with van der Waals surface area (Å²) in [6.45, 7) is 4.62. The Kier molecular flexibility index (Phi) is 5.30. The van der Waals surface area contributed by atoms with Crippen LogP contribution in [0.4, 0.5) is 0 Å². The van der Waals surface area contributed by atoms with Crippen LogP contribution in [0.1, 0.15) is 18.4 Å². The topological polar surface area (TPSA) is 50.8 Å². The quantitative estimate of drug-likeness (QED) is 0.806. The molecular formula is C18H26N2O3. The van der Waals surface area contributed by atoms with Crippen molar-refractivity contribution in [1.82, 2.24) is 10.2 Å². The number of hydrogen-bond acceptors (Lipinski definition) is 4. The Morgan fingerprint density at radius 3 is 3.04 bits per heavy atom. The number of carbonyl (C=O) groups excluding carboxylic acids is 1. The fourth-order valence-corrected chi connectivity index (χ4v) is 3.75. The SMILES string of the molecule is CNC(=O)[C@]12CCO[C@H]1CCN(CCOCc1ccccc1)C2. The summed E-state index contributed by atoms with van der Waals surface area (Å²) in [6.07, 6.45) is 1.81. The lowest BCUT2D eigenvalue weighted by atomic mass is 9.75. The average molecular weight is 318 g/mol. The van der Waals surface area contributed by atoms with Gasteiger partial charge < -0.3 is 14.8 Å². The molecule has 1 aromatic carbocycles. The van der Waals surface area contributed by atoms with E-state index in [1.807, 2.05) is 18.2 Å². The van der Waals surface area contributed by atoms with E-state index in [2.05, 4.69) is 22.3 Å². The molecule has 0 saturated carbocycles. The molecule has 0 aromatic heterocycles. The molecule has 1 N–H and O–H groups in total. The number of benzene rings is 1. The van der Waals surface area contributed by atoms with Crippen LogP contribution in [0.5, 0.6) is 0 Å². The molecule has 2 atom stereocenters. The Bertz CT molecular complexity index is 522. The molecule has 0 radical (unpaired) electrons. The molecule has 0 unspecified atom stereocenters. The third-order valence-electron chi connectivity index (χ3n) is 5.04. The van der Waals surface area contributed by atoms with Gasteiger partial charge in [0.15, 0.2) is 0 Å². The van der Waals surface area contributed by atoms with Gasteiger partial charge >= 0.3 is 0 Å². The summed E-state index contributed by atoms with van der Waals surface area (Å²) in [5.41, 5.74) is 0.823. The van der Waals surface area contributed by atoms with Crippen LogP contribution in [0.25, 0.3) is 0 Å². The van der Waals surface area contributed by atoms with E-state index in [9.17, 15) is 4.79 Å². The first-order valence-electron chi connectivity index (χ1n) is 8.42. The number of fused-ring (bicyclic) bond motifs is 1. The first-order valence-corrected chi connectivity index (χ1v) is 8.42. The lowest BCUT2D eigenvalue weighted by molar-refractivity contribution is -0.139. The Morgan fingerprint density at radius 1 is 1.43 bits per heavy atom. The van der Waals surface area contributed by atoms with Gasteiger partial charge in [0.25, 0.3) is 0 Å². The molecule has 1 aromatic rings. The molecule has 2 aliphatic heterocycles. The van der Waals surface area contributed by atoms with E-state index in [1.54, 1.807) is 7.05 Å². The van der Waals surface area contributed by atoms with Crippen LogP contribution in [0.2, 0.25) is 0 Å². The van der Waals surface area contributed by atoms with Crippen LogP contribution in [0.3, 0.4) is 0 Å². The molecule has 1 amide bonds. The van der Waals surface area contributed by atoms with Gasteiger partial charge in [-0.05, 0) is 18.4 Å². The summed E-state index contributed by atoms with van der Waals surface area (Å²) in [5, 5.41) is 2.83. The maximum Gasteiger partial charge on any atom is 0.229 e. The summed E-state index contributed by atoms with van der Waals surface area (Å²) in [5.74, 6) is 0.120. The summed E-state index contributed by atoms with van der Waals surface area (Å²) in [4.78, 5) is 14.7. The molecule has 2 fully saturated rings. The average Bonchev–Trinajstić information content (AvgIpc) is 3.03. The van der Waals surface area contributed by atoms with E-state index in [0.717, 1.165) is 32.5 Å². The lowest BCUT2D eigenvalue weighted by Gasteiger charge is -2.42. The minimum atomic E-state index is -0.369. The van der Waals surface area contributed by atoms with E-state index in [4.69, 9.17) is 9.47 Å². The number of nitrogens with one attached hydrogen (secondary N) is 1. The maximum absolute atomic E-state index is 12.4. The van der Waals surface area contributed by atoms with Crippen molar-refractivity contribution in [1.29, 1.82) is 0 Å². The van der Waals surface area contributed by atoms with Crippen LogP contribution in [0.15, 0.2) is 30.3 Å². The first-order chi connectivity index (χ1) is 11.2. The highest BCUT2D eigenvalue weighted by Gasteiger charge is 2.52. The monoisotopic (exact) mass is 318 g/mol. The Hall–Kier alpha value is -1.43. The van der Waals surface area contributed by atoms with Crippen molar-refractivity contribution < 1.29 is 14.3 Å². The van der Waals surface area contributed by atoms with Crippen molar-refractivity contribution in [3.8, 4) is 0 Å². The van der Waals surface area contributed by atoms with Gasteiger partial charge in [0, 0.05) is 33.3 Å². The molecule has 2 heterocycles. The second-order valence-electron chi connectivity index (χ2n) is 6.45. The number of carbonyl (C=O) groups is 1. The maximum atomic E-state index is 12.4. The van der Waals surface area contributed by atoms with Gasteiger partial charge in [0.2, 0.25) is 5.91 Å². The smallest absolute Gasteiger partial charge is 0.229 e. The lowest BCUT2D eigenvalue weighted by Crippen LogP contribution is -2.57. The van der Waals surface area contributed by atoms with Gasteiger partial charge in [0.05, 0.1) is 24.7 Å². The summed E-state index contributed by atoms with van der Waals surface area (Å²) >= 11 is 0. The van der Waals surface area contributed by atoms with E-state index >= 15 is 0 Å². The highest BCUT2D eigenvalue weighted by molar-refractivity contribution is 5.83. The van der Waals surface area contributed by atoms with Crippen molar-refractivity contribution in [2.24, 2.45) is 5.41 Å². The summed E-state index contributed by atoms with van der Waals surface area (Å²) in [7, 11) is 1.72. The Labute approximate surface area is 137 Å². The molecule has 126 valence electrons. The van der Waals surface area contributed by atoms with Gasteiger partial charge in [-0.2, -0.15) is 0 Å². The van der Waals surface area contributed by atoms with Crippen molar-refractivity contribution in [3.05, 3.63) is 35.9 Å². The van der Waals surface area contributed by atoms with E-state index in [-0.39, 0.29) is 17.4 Å². The normalized spacial score (nSPS) is 27.6. The minimum Gasteiger partial charge on any atom is -0.377 e. The number of amides is 1. The van der Waals surface area contributed by atoms with Crippen LogP contribution in [0, 0.1) is 5.41 Å². The van der Waals surface area contributed by atoms with E-state index in [1.165, 1.54) is 5.56 Å². The second-order valence-corrected chi connectivity index (χ2v) is 6.45. The van der Waals surface area contributed by atoms with Gasteiger partial charge in [-0.1, -0.05) is 30.3 Å². The number of nitrogens with zero attached hydrogens (tertiary/aromatic N) is 1. The summed E-state index contributed by atoms with van der Waals surface area (Å²) < 4.78 is 11.6. The number of rotatable bonds is 6.